The summed E-state index contributed by atoms with van der Waals surface area (Å²) in [5.41, 5.74) is 1.61. The van der Waals surface area contributed by atoms with Crippen molar-refractivity contribution in [2.75, 3.05) is 18.5 Å². The average molecular weight is 341 g/mol. The van der Waals surface area contributed by atoms with E-state index in [-0.39, 0.29) is 0 Å². The summed E-state index contributed by atoms with van der Waals surface area (Å²) >= 11 is 0. The zero-order valence-corrected chi connectivity index (χ0v) is 13.9. The minimum Gasteiger partial charge on any atom is -0.376 e. The second-order valence-electron chi connectivity index (χ2n) is 6.18. The number of pyridine rings is 1. The summed E-state index contributed by atoms with van der Waals surface area (Å²) in [6.45, 7) is 1.33. The Morgan fingerprint density at radius 3 is 2.92 bits per heavy atom. The number of halogens is 1. The Balaban J connectivity index is 1.47. The second-order valence-corrected chi connectivity index (χ2v) is 6.18. The molecule has 1 N–H and O–H groups in total. The predicted octanol–water partition coefficient (Wildman–Crippen LogP) is 3.30. The summed E-state index contributed by atoms with van der Waals surface area (Å²) in [6, 6.07) is 7.08. The number of hydrogen-bond donors (Lipinski definition) is 1. The van der Waals surface area contributed by atoms with Crippen molar-refractivity contribution in [2.24, 2.45) is 0 Å². The van der Waals surface area contributed by atoms with E-state index in [9.17, 15) is 4.39 Å². The molecule has 130 valence electrons. The van der Waals surface area contributed by atoms with E-state index in [0.29, 0.717) is 42.0 Å². The minimum absolute atomic E-state index is 0.379. The predicted molar refractivity (Wildman–Crippen MR) is 92.9 cm³/mol. The minimum atomic E-state index is -0.533. The molecule has 3 aromatic heterocycles. The lowest BCUT2D eigenvalue weighted by atomic mass is 10.2. The number of imidazole rings is 1. The first-order valence-electron chi connectivity index (χ1n) is 8.62. The number of nitrogens with zero attached hydrogens (tertiary/aromatic N) is 4. The molecule has 4 rings (SSSR count). The molecule has 6 nitrogen and oxygen atoms in total. The molecule has 0 atom stereocenters. The molecule has 7 heteroatoms. The number of anilines is 1. The van der Waals surface area contributed by atoms with Crippen LogP contribution in [0.2, 0.25) is 0 Å². The lowest BCUT2D eigenvalue weighted by Crippen LogP contribution is -2.16. The first-order chi connectivity index (χ1) is 12.3. The highest BCUT2D eigenvalue weighted by Gasteiger charge is 2.15. The fraction of sp³-hybridized carbons (Fsp3) is 0.389. The number of aromatic nitrogens is 4. The van der Waals surface area contributed by atoms with Gasteiger partial charge in [0.15, 0.2) is 5.65 Å². The maximum atomic E-state index is 14.0. The van der Waals surface area contributed by atoms with Crippen LogP contribution in [0.5, 0.6) is 0 Å². The van der Waals surface area contributed by atoms with Gasteiger partial charge in [0.25, 0.3) is 0 Å². The number of hydrogen-bond acceptors (Lipinski definition) is 5. The molecule has 1 aliphatic carbocycles. The Hall–Kier alpha value is -2.54. The SMILES string of the molecule is Fc1ncccc1-c1cnc2ccc(NCCOC3CCCC3)nn12. The molecule has 3 aromatic rings. The Bertz CT molecular complexity index is 860. The van der Waals surface area contributed by atoms with Crippen molar-refractivity contribution in [2.45, 2.75) is 31.8 Å². The van der Waals surface area contributed by atoms with Gasteiger partial charge in [-0.1, -0.05) is 12.8 Å². The number of fused-ring (bicyclic) bond motifs is 1. The van der Waals surface area contributed by atoms with Crippen molar-refractivity contribution in [3.05, 3.63) is 42.6 Å². The van der Waals surface area contributed by atoms with Crippen LogP contribution in [0, 0.1) is 5.95 Å². The third-order valence-electron chi connectivity index (χ3n) is 4.46. The fourth-order valence-electron chi connectivity index (χ4n) is 3.19. The van der Waals surface area contributed by atoms with Gasteiger partial charge in [-0.3, -0.25) is 0 Å². The highest BCUT2D eigenvalue weighted by atomic mass is 19.1. The molecule has 0 unspecified atom stereocenters. The summed E-state index contributed by atoms with van der Waals surface area (Å²) in [5.74, 6) is 0.167. The van der Waals surface area contributed by atoms with Crippen LogP contribution in [0.25, 0.3) is 16.9 Å². The number of nitrogens with one attached hydrogen (secondary N) is 1. The van der Waals surface area contributed by atoms with Crippen molar-refractivity contribution in [3.63, 3.8) is 0 Å². The topological polar surface area (TPSA) is 64.3 Å². The Labute approximate surface area is 145 Å². The van der Waals surface area contributed by atoms with E-state index < -0.39 is 5.95 Å². The smallest absolute Gasteiger partial charge is 0.222 e. The van der Waals surface area contributed by atoms with Crippen LogP contribution in [0.3, 0.4) is 0 Å². The molecular formula is C18H20FN5O. The van der Waals surface area contributed by atoms with Gasteiger partial charge < -0.3 is 10.1 Å². The molecular weight excluding hydrogens is 321 g/mol. The van der Waals surface area contributed by atoms with Crippen LogP contribution >= 0.6 is 0 Å². The van der Waals surface area contributed by atoms with Gasteiger partial charge >= 0.3 is 0 Å². The van der Waals surface area contributed by atoms with Gasteiger partial charge in [-0.05, 0) is 37.1 Å². The molecule has 0 saturated heterocycles. The molecule has 0 bridgehead atoms. The monoisotopic (exact) mass is 341 g/mol. The second kappa shape index (κ2) is 7.14. The van der Waals surface area contributed by atoms with E-state index in [1.165, 1.54) is 31.9 Å². The maximum Gasteiger partial charge on any atom is 0.222 e. The summed E-state index contributed by atoms with van der Waals surface area (Å²) in [5, 5.41) is 7.76. The molecule has 1 aliphatic rings. The quantitative estimate of drug-likeness (QED) is 0.550. The van der Waals surface area contributed by atoms with Gasteiger partial charge in [-0.2, -0.15) is 4.39 Å². The van der Waals surface area contributed by atoms with Crippen molar-refractivity contribution in [1.29, 1.82) is 0 Å². The van der Waals surface area contributed by atoms with Crippen LogP contribution in [0.4, 0.5) is 10.2 Å². The molecule has 1 fully saturated rings. The van der Waals surface area contributed by atoms with E-state index in [2.05, 4.69) is 20.4 Å². The lowest BCUT2D eigenvalue weighted by molar-refractivity contribution is 0.0658. The van der Waals surface area contributed by atoms with Crippen LogP contribution < -0.4 is 5.32 Å². The van der Waals surface area contributed by atoms with Gasteiger partial charge in [0.2, 0.25) is 5.95 Å². The molecule has 0 aromatic carbocycles. The van der Waals surface area contributed by atoms with Crippen molar-refractivity contribution in [1.82, 2.24) is 19.6 Å². The Morgan fingerprint density at radius 1 is 1.20 bits per heavy atom. The molecule has 1 saturated carbocycles. The summed E-state index contributed by atoms with van der Waals surface area (Å²) in [7, 11) is 0. The van der Waals surface area contributed by atoms with Crippen molar-refractivity contribution in [3.8, 4) is 11.3 Å². The standard InChI is InChI=1S/C18H20FN5O/c19-18-14(6-3-9-21-18)15-12-22-17-8-7-16(23-24(15)17)20-10-11-25-13-4-1-2-5-13/h3,6-9,12-13H,1-2,4-5,10-11H2,(H,20,23). The molecule has 0 spiro atoms. The van der Waals surface area contributed by atoms with Gasteiger partial charge in [0.1, 0.15) is 5.82 Å². The van der Waals surface area contributed by atoms with Gasteiger partial charge in [0.05, 0.1) is 30.2 Å². The molecule has 0 amide bonds. The zero-order valence-electron chi connectivity index (χ0n) is 13.9. The van der Waals surface area contributed by atoms with Crippen molar-refractivity contribution >= 4 is 11.5 Å². The van der Waals surface area contributed by atoms with Crippen LogP contribution in [0.1, 0.15) is 25.7 Å². The van der Waals surface area contributed by atoms with E-state index in [4.69, 9.17) is 4.74 Å². The van der Waals surface area contributed by atoms with E-state index in [1.54, 1.807) is 22.8 Å². The maximum absolute atomic E-state index is 14.0. The highest BCUT2D eigenvalue weighted by molar-refractivity contribution is 5.63. The summed E-state index contributed by atoms with van der Waals surface area (Å²) in [4.78, 5) is 7.97. The van der Waals surface area contributed by atoms with Gasteiger partial charge in [-0.15, -0.1) is 5.10 Å². The zero-order chi connectivity index (χ0) is 17.1. The average Bonchev–Trinajstić information content (AvgIpc) is 3.29. The normalized spacial score (nSPS) is 15.1. The molecule has 25 heavy (non-hydrogen) atoms. The Kier molecular flexibility index (Phi) is 4.56. The third-order valence-corrected chi connectivity index (χ3v) is 4.46. The van der Waals surface area contributed by atoms with Crippen molar-refractivity contribution < 1.29 is 9.13 Å². The van der Waals surface area contributed by atoms with E-state index >= 15 is 0 Å². The third kappa shape index (κ3) is 3.46. The van der Waals surface area contributed by atoms with Gasteiger partial charge in [0, 0.05) is 12.7 Å². The fourth-order valence-corrected chi connectivity index (χ4v) is 3.19. The highest BCUT2D eigenvalue weighted by Crippen LogP contribution is 2.23. The first kappa shape index (κ1) is 16.0. The van der Waals surface area contributed by atoms with E-state index in [1.807, 2.05) is 12.1 Å². The number of rotatable bonds is 6. The molecule has 0 radical (unpaired) electrons. The largest absolute Gasteiger partial charge is 0.376 e. The van der Waals surface area contributed by atoms with E-state index in [0.717, 1.165) is 0 Å². The van der Waals surface area contributed by atoms with Crippen LogP contribution in [0.15, 0.2) is 36.7 Å². The van der Waals surface area contributed by atoms with Crippen LogP contribution in [-0.4, -0.2) is 38.8 Å². The molecule has 0 aliphatic heterocycles. The summed E-state index contributed by atoms with van der Waals surface area (Å²) < 4.78 is 21.4. The lowest BCUT2D eigenvalue weighted by Gasteiger charge is -2.12. The van der Waals surface area contributed by atoms with Gasteiger partial charge in [-0.25, -0.2) is 14.5 Å². The number of ether oxygens (including phenoxy) is 1. The van der Waals surface area contributed by atoms with Crippen LogP contribution in [-0.2, 0) is 4.74 Å². The first-order valence-corrected chi connectivity index (χ1v) is 8.62. The Morgan fingerprint density at radius 2 is 2.08 bits per heavy atom. The molecule has 3 heterocycles. The summed E-state index contributed by atoms with van der Waals surface area (Å²) in [6.07, 6.45) is 8.31.